The smallest absolute Gasteiger partial charge is 0.227 e. The number of carbonyl (C=O) groups is 1. The molecule has 0 bridgehead atoms. The van der Waals surface area contributed by atoms with E-state index in [1.807, 2.05) is 12.1 Å². The van der Waals surface area contributed by atoms with Gasteiger partial charge in [-0.25, -0.2) is 0 Å². The molecule has 1 N–H and O–H groups in total. The van der Waals surface area contributed by atoms with Crippen molar-refractivity contribution in [2.45, 2.75) is 13.0 Å². The summed E-state index contributed by atoms with van der Waals surface area (Å²) in [5.41, 5.74) is 0.797. The van der Waals surface area contributed by atoms with Crippen molar-refractivity contribution in [2.24, 2.45) is 0 Å². The second kappa shape index (κ2) is 5.40. The van der Waals surface area contributed by atoms with E-state index >= 15 is 0 Å². The van der Waals surface area contributed by atoms with Crippen molar-refractivity contribution in [3.8, 4) is 5.75 Å². The van der Waals surface area contributed by atoms with Crippen LogP contribution in [0.5, 0.6) is 5.75 Å². The van der Waals surface area contributed by atoms with Gasteiger partial charge in [0.15, 0.2) is 0 Å². The van der Waals surface area contributed by atoms with E-state index in [2.05, 4.69) is 0 Å². The van der Waals surface area contributed by atoms with Gasteiger partial charge in [0.1, 0.15) is 11.5 Å². The number of aromatic hydroxyl groups is 1. The number of benzene rings is 1. The van der Waals surface area contributed by atoms with Crippen molar-refractivity contribution in [3.63, 3.8) is 0 Å². The van der Waals surface area contributed by atoms with Crippen LogP contribution in [0.4, 0.5) is 0 Å². The van der Waals surface area contributed by atoms with Crippen LogP contribution in [0.3, 0.4) is 0 Å². The Bertz CT molecular complexity index is 520. The molecule has 2 aromatic rings. The monoisotopic (exact) mass is 245 g/mol. The van der Waals surface area contributed by atoms with Gasteiger partial charge in [0.2, 0.25) is 5.91 Å². The maximum Gasteiger partial charge on any atom is 0.227 e. The minimum absolute atomic E-state index is 0.0167. The van der Waals surface area contributed by atoms with Gasteiger partial charge >= 0.3 is 0 Å². The first kappa shape index (κ1) is 12.2. The molecule has 0 spiro atoms. The average molecular weight is 245 g/mol. The van der Waals surface area contributed by atoms with Gasteiger partial charge in [-0.3, -0.25) is 4.79 Å². The standard InChI is InChI=1S/C14H15NO3/c1-15(10-13-6-3-7-18-13)14(17)9-11-4-2-5-12(16)8-11/h2-8,16H,9-10H2,1H3. The van der Waals surface area contributed by atoms with Gasteiger partial charge in [0, 0.05) is 7.05 Å². The molecule has 0 saturated carbocycles. The number of likely N-dealkylation sites (N-methyl/N-ethyl adjacent to an activating group) is 1. The lowest BCUT2D eigenvalue weighted by molar-refractivity contribution is -0.129. The van der Waals surface area contributed by atoms with Crippen molar-refractivity contribution in [1.82, 2.24) is 4.90 Å². The molecule has 0 fully saturated rings. The predicted molar refractivity (Wildman–Crippen MR) is 67.0 cm³/mol. The summed E-state index contributed by atoms with van der Waals surface area (Å²) in [6.45, 7) is 0.449. The zero-order valence-corrected chi connectivity index (χ0v) is 10.2. The van der Waals surface area contributed by atoms with Crippen molar-refractivity contribution >= 4 is 5.91 Å². The van der Waals surface area contributed by atoms with Gasteiger partial charge in [-0.1, -0.05) is 12.1 Å². The molecule has 0 aliphatic rings. The summed E-state index contributed by atoms with van der Waals surface area (Å²) in [4.78, 5) is 13.6. The quantitative estimate of drug-likeness (QED) is 0.898. The Kier molecular flexibility index (Phi) is 3.67. The third-order valence-corrected chi connectivity index (χ3v) is 2.66. The topological polar surface area (TPSA) is 53.7 Å². The fraction of sp³-hybridized carbons (Fsp3) is 0.214. The Balaban J connectivity index is 1.95. The lowest BCUT2D eigenvalue weighted by Gasteiger charge is -2.15. The normalized spacial score (nSPS) is 10.3. The number of amides is 1. The molecule has 0 unspecified atom stereocenters. The van der Waals surface area contributed by atoms with Gasteiger partial charge in [-0.15, -0.1) is 0 Å². The Morgan fingerprint density at radius 3 is 2.83 bits per heavy atom. The van der Waals surface area contributed by atoms with Gasteiger partial charge in [0.05, 0.1) is 19.2 Å². The summed E-state index contributed by atoms with van der Waals surface area (Å²) in [7, 11) is 1.73. The fourth-order valence-electron chi connectivity index (χ4n) is 1.70. The van der Waals surface area contributed by atoms with E-state index in [0.29, 0.717) is 6.54 Å². The molecule has 0 atom stereocenters. The summed E-state index contributed by atoms with van der Waals surface area (Å²) in [5.74, 6) is 0.910. The summed E-state index contributed by atoms with van der Waals surface area (Å²) in [6, 6.07) is 10.4. The van der Waals surface area contributed by atoms with Crippen LogP contribution >= 0.6 is 0 Å². The molecule has 1 aromatic heterocycles. The molecule has 1 heterocycles. The number of hydrogen-bond acceptors (Lipinski definition) is 3. The Morgan fingerprint density at radius 2 is 2.17 bits per heavy atom. The van der Waals surface area contributed by atoms with Crippen LogP contribution in [0.1, 0.15) is 11.3 Å². The maximum atomic E-state index is 12.0. The first-order chi connectivity index (χ1) is 8.65. The molecular formula is C14H15NO3. The number of phenols is 1. The highest BCUT2D eigenvalue weighted by Gasteiger charge is 2.11. The molecule has 18 heavy (non-hydrogen) atoms. The average Bonchev–Trinajstić information content (AvgIpc) is 2.81. The van der Waals surface area contributed by atoms with E-state index in [0.717, 1.165) is 11.3 Å². The molecule has 4 heteroatoms. The Hall–Kier alpha value is -2.23. The van der Waals surface area contributed by atoms with E-state index in [9.17, 15) is 9.90 Å². The summed E-state index contributed by atoms with van der Waals surface area (Å²) >= 11 is 0. The lowest BCUT2D eigenvalue weighted by Crippen LogP contribution is -2.27. The van der Waals surface area contributed by atoms with Gasteiger partial charge in [-0.05, 0) is 29.8 Å². The van der Waals surface area contributed by atoms with Crippen molar-refractivity contribution < 1.29 is 14.3 Å². The van der Waals surface area contributed by atoms with E-state index < -0.39 is 0 Å². The second-order valence-electron chi connectivity index (χ2n) is 4.18. The highest BCUT2D eigenvalue weighted by molar-refractivity contribution is 5.78. The largest absolute Gasteiger partial charge is 0.508 e. The molecule has 94 valence electrons. The maximum absolute atomic E-state index is 12.0. The molecule has 4 nitrogen and oxygen atoms in total. The first-order valence-corrected chi connectivity index (χ1v) is 5.69. The lowest BCUT2D eigenvalue weighted by atomic mass is 10.1. The van der Waals surface area contributed by atoms with Crippen LogP contribution in [0, 0.1) is 0 Å². The van der Waals surface area contributed by atoms with E-state index in [4.69, 9.17) is 4.42 Å². The first-order valence-electron chi connectivity index (χ1n) is 5.69. The number of rotatable bonds is 4. The third-order valence-electron chi connectivity index (χ3n) is 2.66. The van der Waals surface area contributed by atoms with Crippen LogP contribution in [0.2, 0.25) is 0 Å². The summed E-state index contributed by atoms with van der Waals surface area (Å²) in [6.07, 6.45) is 1.86. The molecular weight excluding hydrogens is 230 g/mol. The van der Waals surface area contributed by atoms with Crippen LogP contribution < -0.4 is 0 Å². The number of nitrogens with zero attached hydrogens (tertiary/aromatic N) is 1. The zero-order chi connectivity index (χ0) is 13.0. The minimum atomic E-state index is -0.0167. The molecule has 0 aliphatic carbocycles. The van der Waals surface area contributed by atoms with Crippen LogP contribution in [-0.4, -0.2) is 23.0 Å². The number of furan rings is 1. The molecule has 0 radical (unpaired) electrons. The van der Waals surface area contributed by atoms with E-state index in [1.54, 1.807) is 42.5 Å². The molecule has 0 saturated heterocycles. The predicted octanol–water partition coefficient (Wildman–Crippen LogP) is 2.19. The van der Waals surface area contributed by atoms with Gasteiger partial charge < -0.3 is 14.4 Å². The third kappa shape index (κ3) is 3.13. The highest BCUT2D eigenvalue weighted by Crippen LogP contribution is 2.12. The zero-order valence-electron chi connectivity index (χ0n) is 10.2. The molecule has 2 rings (SSSR count). The van der Waals surface area contributed by atoms with Crippen LogP contribution in [-0.2, 0) is 17.8 Å². The number of hydrogen-bond donors (Lipinski definition) is 1. The Morgan fingerprint density at radius 1 is 1.33 bits per heavy atom. The summed E-state index contributed by atoms with van der Waals surface area (Å²) < 4.78 is 5.19. The van der Waals surface area contributed by atoms with Crippen LogP contribution in [0.25, 0.3) is 0 Å². The second-order valence-corrected chi connectivity index (χ2v) is 4.18. The van der Waals surface area contributed by atoms with Gasteiger partial charge in [-0.2, -0.15) is 0 Å². The molecule has 1 aromatic carbocycles. The summed E-state index contributed by atoms with van der Waals surface area (Å²) in [5, 5.41) is 9.33. The van der Waals surface area contributed by atoms with Crippen molar-refractivity contribution in [3.05, 3.63) is 54.0 Å². The van der Waals surface area contributed by atoms with E-state index in [1.165, 1.54) is 0 Å². The van der Waals surface area contributed by atoms with E-state index in [-0.39, 0.29) is 18.1 Å². The van der Waals surface area contributed by atoms with Crippen molar-refractivity contribution in [2.75, 3.05) is 7.05 Å². The molecule has 1 amide bonds. The van der Waals surface area contributed by atoms with Crippen molar-refractivity contribution in [1.29, 1.82) is 0 Å². The SMILES string of the molecule is CN(Cc1ccco1)C(=O)Cc1cccc(O)c1. The van der Waals surface area contributed by atoms with Crippen LogP contribution in [0.15, 0.2) is 47.1 Å². The highest BCUT2D eigenvalue weighted by atomic mass is 16.3. The Labute approximate surface area is 105 Å². The number of carbonyl (C=O) groups excluding carboxylic acids is 1. The fourth-order valence-corrected chi connectivity index (χ4v) is 1.70. The van der Waals surface area contributed by atoms with Gasteiger partial charge in [0.25, 0.3) is 0 Å². The molecule has 0 aliphatic heterocycles. The number of phenolic OH excluding ortho intramolecular Hbond substituents is 1. The minimum Gasteiger partial charge on any atom is -0.508 e.